The first-order valence-electron chi connectivity index (χ1n) is 13.6. The third-order valence-electron chi connectivity index (χ3n) is 7.71. The molecule has 1 fully saturated rings. The first kappa shape index (κ1) is 27.7. The molecule has 2 atom stereocenters. The number of ether oxygens (including phenoxy) is 2. The maximum atomic E-state index is 13.7. The highest BCUT2D eigenvalue weighted by atomic mass is 32.2. The molecule has 216 valence electrons. The van der Waals surface area contributed by atoms with Crippen LogP contribution in [0.3, 0.4) is 0 Å². The Hall–Kier alpha value is -4.48. The first-order valence-corrected chi connectivity index (χ1v) is 15.1. The number of nitrogens with one attached hydrogen (secondary N) is 1. The van der Waals surface area contributed by atoms with E-state index in [9.17, 15) is 13.2 Å². The molecular weight excluding hydrogens is 554 g/mol. The number of aromatic nitrogens is 2. The van der Waals surface area contributed by atoms with Gasteiger partial charge in [-0.3, -0.25) is 14.4 Å². The van der Waals surface area contributed by atoms with Crippen LogP contribution in [-0.4, -0.2) is 66.9 Å². The van der Waals surface area contributed by atoms with E-state index in [1.54, 1.807) is 56.9 Å². The number of carbonyl (C=O) groups is 1. The van der Waals surface area contributed by atoms with Gasteiger partial charge in [0.25, 0.3) is 5.91 Å². The lowest BCUT2D eigenvalue weighted by molar-refractivity contribution is 0.0862. The minimum atomic E-state index is -3.72. The molecule has 42 heavy (non-hydrogen) atoms. The molecule has 0 aliphatic carbocycles. The van der Waals surface area contributed by atoms with E-state index < -0.39 is 22.1 Å². The second kappa shape index (κ2) is 11.4. The van der Waals surface area contributed by atoms with Crippen molar-refractivity contribution in [2.75, 3.05) is 20.8 Å². The predicted octanol–water partition coefficient (Wildman–Crippen LogP) is 3.78. The summed E-state index contributed by atoms with van der Waals surface area (Å²) in [6.07, 6.45) is 4.18. The van der Waals surface area contributed by atoms with Crippen LogP contribution in [0.4, 0.5) is 0 Å². The Morgan fingerprint density at radius 1 is 0.952 bits per heavy atom. The Balaban J connectivity index is 1.28. The van der Waals surface area contributed by atoms with Crippen molar-refractivity contribution < 1.29 is 22.7 Å². The standard InChI is InChI=1S/C31H31N5O5S/c1-40-26-9-6-10-27(41-2)29(26)22-13-11-21(12-14-22)19-24-31(37)35-18-16-32-28(35)20-33-30(34-24)25-15-17-36(25)42(38,39)23-7-4-3-5-8-23/h3-14,16,18,24-25H,15,17,19-20H2,1-2H3,(H,33,34)/t24-,25-/m0/s1. The maximum Gasteiger partial charge on any atom is 0.254 e. The maximum absolute atomic E-state index is 13.7. The van der Waals surface area contributed by atoms with Crippen LogP contribution >= 0.6 is 0 Å². The van der Waals surface area contributed by atoms with Crippen molar-refractivity contribution in [3.8, 4) is 22.6 Å². The fraction of sp³-hybridized carbons (Fsp3) is 0.258. The first-order chi connectivity index (χ1) is 20.4. The SMILES string of the molecule is COc1cccc(OC)c1-c1ccc(C[C@@H]2NC([C@@H]3CCN3S(=O)(=O)c3ccccc3)=NCc3nccn3C2=O)cc1. The summed E-state index contributed by atoms with van der Waals surface area (Å²) in [6.45, 7) is 0.544. The molecule has 11 heteroatoms. The second-order valence-corrected chi connectivity index (χ2v) is 12.0. The topological polar surface area (TPSA) is 115 Å². The molecule has 3 heterocycles. The van der Waals surface area contributed by atoms with Crippen molar-refractivity contribution in [1.29, 1.82) is 0 Å². The minimum absolute atomic E-state index is 0.166. The van der Waals surface area contributed by atoms with Gasteiger partial charge in [0.15, 0.2) is 0 Å². The van der Waals surface area contributed by atoms with Gasteiger partial charge in [-0.1, -0.05) is 48.5 Å². The van der Waals surface area contributed by atoms with Gasteiger partial charge in [0, 0.05) is 25.4 Å². The zero-order valence-electron chi connectivity index (χ0n) is 23.3. The molecule has 1 saturated heterocycles. The van der Waals surface area contributed by atoms with Gasteiger partial charge in [-0.05, 0) is 41.8 Å². The highest BCUT2D eigenvalue weighted by molar-refractivity contribution is 7.89. The number of methoxy groups -OCH3 is 2. The summed E-state index contributed by atoms with van der Waals surface area (Å²) in [5.74, 6) is 2.20. The Labute approximate surface area is 244 Å². The zero-order valence-corrected chi connectivity index (χ0v) is 24.1. The molecule has 0 radical (unpaired) electrons. The van der Waals surface area contributed by atoms with Crippen molar-refractivity contribution in [3.05, 3.63) is 96.6 Å². The molecule has 0 amide bonds. The van der Waals surface area contributed by atoms with Crippen molar-refractivity contribution in [3.63, 3.8) is 0 Å². The molecule has 2 aliphatic heterocycles. The van der Waals surface area contributed by atoms with Gasteiger partial charge < -0.3 is 14.8 Å². The molecule has 10 nitrogen and oxygen atoms in total. The average Bonchev–Trinajstić information content (AvgIpc) is 3.46. The number of hydrogen-bond donors (Lipinski definition) is 1. The third-order valence-corrected chi connectivity index (χ3v) is 9.63. The molecule has 1 aromatic heterocycles. The van der Waals surface area contributed by atoms with E-state index in [0.29, 0.717) is 42.5 Å². The highest BCUT2D eigenvalue weighted by Gasteiger charge is 2.43. The normalized spacial score (nSPS) is 19.0. The van der Waals surface area contributed by atoms with Gasteiger partial charge in [0.2, 0.25) is 10.0 Å². The Morgan fingerprint density at radius 2 is 1.67 bits per heavy atom. The summed E-state index contributed by atoms with van der Waals surface area (Å²) < 4.78 is 40.9. The number of amidine groups is 1. The molecule has 3 aromatic carbocycles. The molecule has 1 N–H and O–H groups in total. The number of fused-ring (bicyclic) bond motifs is 1. The zero-order chi connectivity index (χ0) is 29.3. The fourth-order valence-corrected chi connectivity index (χ4v) is 7.09. The number of rotatable bonds is 8. The molecule has 4 aromatic rings. The van der Waals surface area contributed by atoms with Crippen molar-refractivity contribution in [2.45, 2.75) is 36.4 Å². The van der Waals surface area contributed by atoms with Crippen molar-refractivity contribution >= 4 is 21.8 Å². The van der Waals surface area contributed by atoms with Gasteiger partial charge in [0.05, 0.1) is 37.3 Å². The molecule has 0 unspecified atom stereocenters. The Morgan fingerprint density at radius 3 is 2.31 bits per heavy atom. The monoisotopic (exact) mass is 585 g/mol. The number of hydrogen-bond acceptors (Lipinski definition) is 8. The van der Waals surface area contributed by atoms with E-state index in [1.807, 2.05) is 42.5 Å². The third kappa shape index (κ3) is 5.05. The largest absolute Gasteiger partial charge is 0.496 e. The van der Waals surface area contributed by atoms with Crippen LogP contribution in [0.15, 0.2) is 95.1 Å². The van der Waals surface area contributed by atoms with E-state index in [-0.39, 0.29) is 17.3 Å². The van der Waals surface area contributed by atoms with Crippen LogP contribution in [0, 0.1) is 0 Å². The lowest BCUT2D eigenvalue weighted by Gasteiger charge is -2.41. The molecule has 0 spiro atoms. The van der Waals surface area contributed by atoms with Crippen LogP contribution in [0.2, 0.25) is 0 Å². The average molecular weight is 586 g/mol. The Bertz CT molecular complexity index is 1710. The van der Waals surface area contributed by atoms with Crippen LogP contribution in [0.25, 0.3) is 11.1 Å². The second-order valence-electron chi connectivity index (χ2n) is 10.1. The van der Waals surface area contributed by atoms with E-state index >= 15 is 0 Å². The molecule has 6 rings (SSSR count). The molecule has 0 bridgehead atoms. The van der Waals surface area contributed by atoms with Crippen LogP contribution in [0.1, 0.15) is 22.6 Å². The Kier molecular flexibility index (Phi) is 7.53. The van der Waals surface area contributed by atoms with Gasteiger partial charge in [0.1, 0.15) is 29.2 Å². The molecular formula is C31H31N5O5S. The molecule has 2 aliphatic rings. The quantitative estimate of drug-likeness (QED) is 0.335. The lowest BCUT2D eigenvalue weighted by Crippen LogP contribution is -2.61. The summed E-state index contributed by atoms with van der Waals surface area (Å²) in [7, 11) is -0.475. The highest BCUT2D eigenvalue weighted by Crippen LogP contribution is 2.38. The number of imidazole rings is 1. The van der Waals surface area contributed by atoms with Gasteiger partial charge in [-0.15, -0.1) is 0 Å². The lowest BCUT2D eigenvalue weighted by atomic mass is 9.98. The fourth-order valence-electron chi connectivity index (χ4n) is 5.43. The van der Waals surface area contributed by atoms with Crippen LogP contribution in [-0.2, 0) is 23.0 Å². The number of nitrogens with zero attached hydrogens (tertiary/aromatic N) is 4. The number of carbonyl (C=O) groups excluding carboxylic acids is 1. The van der Waals surface area contributed by atoms with E-state index in [4.69, 9.17) is 14.5 Å². The summed E-state index contributed by atoms with van der Waals surface area (Å²) in [5.41, 5.74) is 2.68. The predicted molar refractivity (Wildman–Crippen MR) is 158 cm³/mol. The van der Waals surface area contributed by atoms with E-state index in [1.165, 1.54) is 8.87 Å². The minimum Gasteiger partial charge on any atom is -0.496 e. The van der Waals surface area contributed by atoms with Gasteiger partial charge in [-0.2, -0.15) is 4.31 Å². The molecule has 0 saturated carbocycles. The van der Waals surface area contributed by atoms with Gasteiger partial charge in [-0.25, -0.2) is 13.4 Å². The van der Waals surface area contributed by atoms with E-state index in [0.717, 1.165) is 16.7 Å². The summed E-state index contributed by atoms with van der Waals surface area (Å²) in [4.78, 5) is 23.0. The van der Waals surface area contributed by atoms with Crippen LogP contribution in [0.5, 0.6) is 11.5 Å². The van der Waals surface area contributed by atoms with Crippen molar-refractivity contribution in [1.82, 2.24) is 19.2 Å². The summed E-state index contributed by atoms with van der Waals surface area (Å²) >= 11 is 0. The smallest absolute Gasteiger partial charge is 0.254 e. The number of sulfonamides is 1. The van der Waals surface area contributed by atoms with Gasteiger partial charge >= 0.3 is 0 Å². The summed E-state index contributed by atoms with van der Waals surface area (Å²) in [6, 6.07) is 20.7. The number of aliphatic imine (C=N–C) groups is 1. The summed E-state index contributed by atoms with van der Waals surface area (Å²) in [5, 5.41) is 3.33. The number of benzene rings is 3. The van der Waals surface area contributed by atoms with Crippen molar-refractivity contribution in [2.24, 2.45) is 4.99 Å². The van der Waals surface area contributed by atoms with Crippen LogP contribution < -0.4 is 14.8 Å². The van der Waals surface area contributed by atoms with E-state index in [2.05, 4.69) is 10.3 Å².